The van der Waals surface area contributed by atoms with E-state index in [1.54, 1.807) is 28.8 Å². The Morgan fingerprint density at radius 2 is 1.88 bits per heavy atom. The number of rotatable bonds is 10. The number of anilines is 1. The van der Waals surface area contributed by atoms with Crippen LogP contribution in [0.3, 0.4) is 0 Å². The van der Waals surface area contributed by atoms with E-state index in [-0.39, 0.29) is 42.1 Å². The van der Waals surface area contributed by atoms with Crippen LogP contribution in [0.5, 0.6) is 11.5 Å². The fourth-order valence-corrected chi connectivity index (χ4v) is 7.10. The lowest BCUT2D eigenvalue weighted by Crippen LogP contribution is -2.38. The van der Waals surface area contributed by atoms with Crippen LogP contribution in [-0.2, 0) is 20.9 Å². The molecule has 43 heavy (non-hydrogen) atoms. The molecular formula is C32H38N4O6S. The largest absolute Gasteiger partial charge is 0.454 e. The first kappa shape index (κ1) is 29.5. The molecule has 1 saturated heterocycles. The molecule has 0 spiro atoms. The predicted molar refractivity (Wildman–Crippen MR) is 165 cm³/mol. The summed E-state index contributed by atoms with van der Waals surface area (Å²) in [6, 6.07) is 12.6. The number of para-hydroxylation sites is 1. The Hall–Kier alpha value is -3.57. The molecule has 2 aromatic carbocycles. The third-order valence-electron chi connectivity index (χ3n) is 8.56. The topological polar surface area (TPSA) is 121 Å². The second-order valence-corrected chi connectivity index (χ2v) is 12.7. The second-order valence-electron chi connectivity index (χ2n) is 11.5. The minimum absolute atomic E-state index is 0.0118. The van der Waals surface area contributed by atoms with E-state index in [0.717, 1.165) is 45.1 Å². The summed E-state index contributed by atoms with van der Waals surface area (Å²) in [6.07, 6.45) is 6.02. The first-order valence-electron chi connectivity index (χ1n) is 15.2. The Morgan fingerprint density at radius 1 is 1.07 bits per heavy atom. The summed E-state index contributed by atoms with van der Waals surface area (Å²) < 4.78 is 18.2. The molecule has 11 heteroatoms. The molecular weight excluding hydrogens is 568 g/mol. The molecule has 2 amide bonds. The van der Waals surface area contributed by atoms with Crippen molar-refractivity contribution in [2.45, 2.75) is 74.9 Å². The SMILES string of the molecule is CC[C@@H](Sc1nc2ccccc2c(=O)n1CC1CCC(C(=O)NC[C@H]2CCCO2)CC1)C(=O)Nc1ccc2c(c1)OCO2. The standard InChI is InChI=1S/C32H38N4O6S/c1-2-28(30(38)34-22-13-14-26-27(16-22)42-19-41-26)43-32-35-25-8-4-3-7-24(25)31(39)36(32)18-20-9-11-21(12-10-20)29(37)33-17-23-6-5-15-40-23/h3-4,7-8,13-14,16,20-21,23,28H,2,5-6,9-12,15,17-19H2,1H3,(H,33,37)(H,34,38)/t20?,21?,23-,28-/m1/s1. The maximum Gasteiger partial charge on any atom is 0.262 e. The van der Waals surface area contributed by atoms with Crippen molar-refractivity contribution in [1.82, 2.24) is 14.9 Å². The lowest BCUT2D eigenvalue weighted by molar-refractivity contribution is -0.126. The highest BCUT2D eigenvalue weighted by atomic mass is 32.2. The number of hydrogen-bond acceptors (Lipinski definition) is 8. The number of carbonyl (C=O) groups excluding carboxylic acids is 2. The van der Waals surface area contributed by atoms with Gasteiger partial charge in [-0.15, -0.1) is 0 Å². The Bertz CT molecular complexity index is 1530. The summed E-state index contributed by atoms with van der Waals surface area (Å²) in [6.45, 7) is 3.97. The Kier molecular flexibility index (Phi) is 9.18. The predicted octanol–water partition coefficient (Wildman–Crippen LogP) is 4.74. The number of carbonyl (C=O) groups is 2. The van der Waals surface area contributed by atoms with E-state index < -0.39 is 5.25 Å². The molecule has 3 aliphatic rings. The van der Waals surface area contributed by atoms with Crippen molar-refractivity contribution < 1.29 is 23.8 Å². The van der Waals surface area contributed by atoms with Gasteiger partial charge in [0.1, 0.15) is 0 Å². The van der Waals surface area contributed by atoms with Crippen molar-refractivity contribution in [1.29, 1.82) is 0 Å². The molecule has 0 bridgehead atoms. The van der Waals surface area contributed by atoms with E-state index in [2.05, 4.69) is 10.6 Å². The molecule has 6 rings (SSSR count). The zero-order valence-electron chi connectivity index (χ0n) is 24.4. The van der Waals surface area contributed by atoms with E-state index in [1.807, 2.05) is 25.1 Å². The van der Waals surface area contributed by atoms with E-state index in [0.29, 0.717) is 52.8 Å². The number of benzene rings is 2. The van der Waals surface area contributed by atoms with Crippen molar-refractivity contribution in [3.05, 3.63) is 52.8 Å². The van der Waals surface area contributed by atoms with Crippen LogP contribution >= 0.6 is 11.8 Å². The first-order valence-corrected chi connectivity index (χ1v) is 16.1. The zero-order chi connectivity index (χ0) is 29.8. The number of nitrogens with zero attached hydrogens (tertiary/aromatic N) is 2. The van der Waals surface area contributed by atoms with E-state index in [9.17, 15) is 14.4 Å². The van der Waals surface area contributed by atoms with Crippen LogP contribution in [0, 0.1) is 11.8 Å². The Labute approximate surface area is 254 Å². The summed E-state index contributed by atoms with van der Waals surface area (Å²) >= 11 is 1.32. The molecule has 0 unspecified atom stereocenters. The van der Waals surface area contributed by atoms with Crippen LogP contribution in [0.25, 0.3) is 10.9 Å². The molecule has 10 nitrogen and oxygen atoms in total. The molecule has 228 valence electrons. The van der Waals surface area contributed by atoms with Gasteiger partial charge in [-0.25, -0.2) is 4.98 Å². The van der Waals surface area contributed by atoms with Gasteiger partial charge in [-0.3, -0.25) is 19.0 Å². The van der Waals surface area contributed by atoms with Gasteiger partial charge in [-0.05, 0) is 75.1 Å². The summed E-state index contributed by atoms with van der Waals surface area (Å²) in [5.74, 6) is 1.41. The average Bonchev–Trinajstić information content (AvgIpc) is 3.73. The molecule has 1 aliphatic carbocycles. The Morgan fingerprint density at radius 3 is 2.67 bits per heavy atom. The molecule has 2 atom stereocenters. The fourth-order valence-electron chi connectivity index (χ4n) is 6.07. The maximum atomic E-state index is 13.8. The maximum absolute atomic E-state index is 13.8. The lowest BCUT2D eigenvalue weighted by Gasteiger charge is -2.29. The van der Waals surface area contributed by atoms with Crippen LogP contribution in [0.1, 0.15) is 51.9 Å². The molecule has 1 saturated carbocycles. The molecule has 0 radical (unpaired) electrons. The highest BCUT2D eigenvalue weighted by molar-refractivity contribution is 8.00. The summed E-state index contributed by atoms with van der Waals surface area (Å²) in [4.78, 5) is 44.8. The van der Waals surface area contributed by atoms with Gasteiger partial charge in [0.05, 0.1) is 22.3 Å². The number of fused-ring (bicyclic) bond motifs is 2. The average molecular weight is 607 g/mol. The van der Waals surface area contributed by atoms with E-state index in [4.69, 9.17) is 19.2 Å². The summed E-state index contributed by atoms with van der Waals surface area (Å²) in [5.41, 5.74) is 1.13. The lowest BCUT2D eigenvalue weighted by atomic mass is 9.81. The van der Waals surface area contributed by atoms with Gasteiger partial charge in [-0.1, -0.05) is 30.8 Å². The van der Waals surface area contributed by atoms with Crippen molar-refractivity contribution in [2.24, 2.45) is 11.8 Å². The van der Waals surface area contributed by atoms with Gasteiger partial charge < -0.3 is 24.8 Å². The van der Waals surface area contributed by atoms with Gasteiger partial charge in [0.25, 0.3) is 5.56 Å². The van der Waals surface area contributed by atoms with Crippen molar-refractivity contribution in [3.8, 4) is 11.5 Å². The van der Waals surface area contributed by atoms with Crippen LogP contribution in [0.4, 0.5) is 5.69 Å². The van der Waals surface area contributed by atoms with Gasteiger partial charge in [0.15, 0.2) is 16.7 Å². The first-order chi connectivity index (χ1) is 21.0. The van der Waals surface area contributed by atoms with Crippen molar-refractivity contribution in [3.63, 3.8) is 0 Å². The normalized spacial score (nSPS) is 21.9. The number of nitrogens with one attached hydrogen (secondary N) is 2. The summed E-state index contributed by atoms with van der Waals surface area (Å²) in [5, 5.41) is 6.70. The number of amides is 2. The zero-order valence-corrected chi connectivity index (χ0v) is 25.2. The second kappa shape index (κ2) is 13.4. The molecule has 2 aliphatic heterocycles. The molecule has 1 aromatic heterocycles. The number of thioether (sulfide) groups is 1. The fraction of sp³-hybridized carbons (Fsp3) is 0.500. The highest BCUT2D eigenvalue weighted by Crippen LogP contribution is 2.35. The van der Waals surface area contributed by atoms with Gasteiger partial charge in [0.2, 0.25) is 18.6 Å². The quantitative estimate of drug-likeness (QED) is 0.251. The van der Waals surface area contributed by atoms with Crippen LogP contribution in [0.15, 0.2) is 52.4 Å². The molecule has 2 N–H and O–H groups in total. The van der Waals surface area contributed by atoms with Crippen molar-refractivity contribution >= 4 is 40.2 Å². The highest BCUT2D eigenvalue weighted by Gasteiger charge is 2.29. The minimum atomic E-state index is -0.465. The summed E-state index contributed by atoms with van der Waals surface area (Å²) in [7, 11) is 0. The number of aromatic nitrogens is 2. The number of hydrogen-bond donors (Lipinski definition) is 2. The van der Waals surface area contributed by atoms with Gasteiger partial charge >= 0.3 is 0 Å². The van der Waals surface area contributed by atoms with Crippen LogP contribution < -0.4 is 25.7 Å². The van der Waals surface area contributed by atoms with Crippen LogP contribution in [-0.4, -0.2) is 52.7 Å². The molecule has 3 aromatic rings. The third-order valence-corrected chi connectivity index (χ3v) is 9.92. The smallest absolute Gasteiger partial charge is 0.262 e. The third kappa shape index (κ3) is 6.83. The van der Waals surface area contributed by atoms with E-state index in [1.165, 1.54) is 11.8 Å². The van der Waals surface area contributed by atoms with E-state index >= 15 is 0 Å². The molecule has 2 fully saturated rings. The Balaban J connectivity index is 1.14. The minimum Gasteiger partial charge on any atom is -0.454 e. The van der Waals surface area contributed by atoms with Crippen LogP contribution in [0.2, 0.25) is 0 Å². The molecule has 3 heterocycles. The monoisotopic (exact) mass is 606 g/mol. The van der Waals surface area contributed by atoms with Crippen molar-refractivity contribution in [2.75, 3.05) is 25.3 Å². The van der Waals surface area contributed by atoms with Gasteiger partial charge in [-0.2, -0.15) is 0 Å². The van der Waals surface area contributed by atoms with Gasteiger partial charge in [0, 0.05) is 37.4 Å². The number of ether oxygens (including phenoxy) is 3.